The summed E-state index contributed by atoms with van der Waals surface area (Å²) in [6.45, 7) is 13.4. The molecule has 1 aliphatic heterocycles. The highest BCUT2D eigenvalue weighted by molar-refractivity contribution is 5.38. The monoisotopic (exact) mass is 431 g/mol. The van der Waals surface area contributed by atoms with Crippen LogP contribution < -0.4 is 11.1 Å². The van der Waals surface area contributed by atoms with Crippen molar-refractivity contribution in [1.29, 1.82) is 0 Å². The molecule has 0 saturated carbocycles. The van der Waals surface area contributed by atoms with Crippen molar-refractivity contribution in [2.75, 3.05) is 26.7 Å². The van der Waals surface area contributed by atoms with Crippen LogP contribution in [0.3, 0.4) is 0 Å². The van der Waals surface area contributed by atoms with Gasteiger partial charge in [-0.05, 0) is 43.5 Å². The average Bonchev–Trinajstić information content (AvgIpc) is 2.81. The Morgan fingerprint density at radius 2 is 1.72 bits per heavy atom. The fraction of sp³-hybridized carbons (Fsp3) is 0.357. The third kappa shape index (κ3) is 6.42. The number of allylic oxidation sites excluding steroid dienone is 2. The van der Waals surface area contributed by atoms with Crippen molar-refractivity contribution in [3.63, 3.8) is 0 Å². The third-order valence-electron chi connectivity index (χ3n) is 6.20. The van der Waals surface area contributed by atoms with Gasteiger partial charge in [-0.25, -0.2) is 0 Å². The van der Waals surface area contributed by atoms with Crippen LogP contribution in [0.1, 0.15) is 36.8 Å². The minimum atomic E-state index is -0.301. The molecular formula is C28H37N3O. The van der Waals surface area contributed by atoms with E-state index < -0.39 is 0 Å². The second-order valence-electron chi connectivity index (χ2n) is 8.56. The van der Waals surface area contributed by atoms with E-state index in [9.17, 15) is 0 Å². The quantitative estimate of drug-likeness (QED) is 0.530. The molecule has 4 nitrogen and oxygen atoms in total. The van der Waals surface area contributed by atoms with Gasteiger partial charge in [0.05, 0.1) is 18.8 Å². The minimum absolute atomic E-state index is 0.00503. The van der Waals surface area contributed by atoms with Crippen LogP contribution >= 0.6 is 0 Å². The average molecular weight is 432 g/mol. The van der Waals surface area contributed by atoms with E-state index in [-0.39, 0.29) is 18.1 Å². The molecule has 4 heteroatoms. The highest BCUT2D eigenvalue weighted by Gasteiger charge is 2.25. The third-order valence-corrected chi connectivity index (χ3v) is 6.20. The van der Waals surface area contributed by atoms with Crippen molar-refractivity contribution in [3.8, 4) is 0 Å². The second-order valence-corrected chi connectivity index (χ2v) is 8.56. The molecule has 0 radical (unpaired) electrons. The van der Waals surface area contributed by atoms with Crippen molar-refractivity contribution in [1.82, 2.24) is 10.2 Å². The maximum absolute atomic E-state index is 6.77. The Labute approximate surface area is 193 Å². The molecule has 0 amide bonds. The molecule has 1 fully saturated rings. The summed E-state index contributed by atoms with van der Waals surface area (Å²) < 4.78 is 5.92. The predicted molar refractivity (Wildman–Crippen MR) is 134 cm³/mol. The lowest BCUT2D eigenvalue weighted by Gasteiger charge is -2.31. The summed E-state index contributed by atoms with van der Waals surface area (Å²) in [6, 6.07) is 20.4. The summed E-state index contributed by atoms with van der Waals surface area (Å²) in [6.07, 6.45) is 4.26. The molecule has 0 spiro atoms. The number of rotatable bonds is 10. The number of ether oxygens (including phenoxy) is 1. The highest BCUT2D eigenvalue weighted by atomic mass is 16.5. The van der Waals surface area contributed by atoms with E-state index >= 15 is 0 Å². The summed E-state index contributed by atoms with van der Waals surface area (Å²) in [7, 11) is 2.15. The van der Waals surface area contributed by atoms with E-state index in [4.69, 9.17) is 10.5 Å². The van der Waals surface area contributed by atoms with Gasteiger partial charge in [0.2, 0.25) is 0 Å². The first kappa shape index (κ1) is 24.0. The normalized spacial score (nSPS) is 18.4. The van der Waals surface area contributed by atoms with Crippen LogP contribution in [0, 0.1) is 0 Å². The van der Waals surface area contributed by atoms with Gasteiger partial charge in [0.25, 0.3) is 0 Å². The molecule has 3 rings (SSSR count). The van der Waals surface area contributed by atoms with E-state index in [2.05, 4.69) is 92.0 Å². The number of benzene rings is 2. The van der Waals surface area contributed by atoms with E-state index in [0.29, 0.717) is 0 Å². The summed E-state index contributed by atoms with van der Waals surface area (Å²) in [5.74, 6) is 0.00503. The summed E-state index contributed by atoms with van der Waals surface area (Å²) in [5, 5.41) is 3.41. The maximum Gasteiger partial charge on any atom is 0.0705 e. The first-order valence-electron chi connectivity index (χ1n) is 11.5. The molecule has 1 heterocycles. The molecule has 3 N–H and O–H groups in total. The van der Waals surface area contributed by atoms with Crippen LogP contribution in [0.15, 0.2) is 96.9 Å². The molecular weight excluding hydrogens is 394 g/mol. The Bertz CT molecular complexity index is 867. The van der Waals surface area contributed by atoms with E-state index in [1.165, 1.54) is 16.7 Å². The molecule has 2 aromatic carbocycles. The number of morpholine rings is 1. The van der Waals surface area contributed by atoms with Crippen LogP contribution in [-0.4, -0.2) is 43.8 Å². The van der Waals surface area contributed by atoms with Crippen molar-refractivity contribution < 1.29 is 4.74 Å². The lowest BCUT2D eigenvalue weighted by atomic mass is 9.84. The summed E-state index contributed by atoms with van der Waals surface area (Å²) in [5.41, 5.74) is 11.9. The van der Waals surface area contributed by atoms with Gasteiger partial charge in [0.1, 0.15) is 0 Å². The van der Waals surface area contributed by atoms with Gasteiger partial charge >= 0.3 is 0 Å². The van der Waals surface area contributed by atoms with Crippen molar-refractivity contribution in [3.05, 3.63) is 108 Å². The maximum atomic E-state index is 6.77. The lowest BCUT2D eigenvalue weighted by molar-refractivity contribution is -0.0228. The number of nitrogens with one attached hydrogen (secondary N) is 1. The SMILES string of the molecule is C=C(NC(=C)[C@@H](N)C(c1ccccc1)c1ccccc1)/C(=C\C)CC[C@@H]1CN(C)CCO1. The van der Waals surface area contributed by atoms with Crippen LogP contribution in [0.5, 0.6) is 0 Å². The Balaban J connectivity index is 1.66. The minimum Gasteiger partial charge on any atom is -0.376 e. The van der Waals surface area contributed by atoms with Crippen LogP contribution in [0.2, 0.25) is 0 Å². The molecule has 0 aliphatic carbocycles. The first-order valence-corrected chi connectivity index (χ1v) is 11.5. The molecule has 2 aromatic rings. The van der Waals surface area contributed by atoms with Gasteiger partial charge in [0, 0.05) is 30.4 Å². The van der Waals surface area contributed by atoms with Gasteiger partial charge in [-0.15, -0.1) is 0 Å². The van der Waals surface area contributed by atoms with Gasteiger partial charge in [0.15, 0.2) is 0 Å². The van der Waals surface area contributed by atoms with Gasteiger partial charge in [-0.2, -0.15) is 0 Å². The number of likely N-dealkylation sites (N-methyl/N-ethyl adjacent to an activating group) is 1. The Morgan fingerprint density at radius 3 is 2.25 bits per heavy atom. The number of nitrogens with two attached hydrogens (primary N) is 1. The molecule has 170 valence electrons. The predicted octanol–water partition coefficient (Wildman–Crippen LogP) is 4.82. The molecule has 2 atom stereocenters. The molecule has 0 aromatic heterocycles. The zero-order valence-corrected chi connectivity index (χ0v) is 19.5. The first-order chi connectivity index (χ1) is 15.5. The van der Waals surface area contributed by atoms with E-state index in [0.717, 1.165) is 43.9 Å². The van der Waals surface area contributed by atoms with Crippen molar-refractivity contribution in [2.24, 2.45) is 5.73 Å². The molecule has 0 unspecified atom stereocenters. The molecule has 1 aliphatic rings. The van der Waals surface area contributed by atoms with Crippen LogP contribution in [0.4, 0.5) is 0 Å². The Morgan fingerprint density at radius 1 is 1.12 bits per heavy atom. The molecule has 0 bridgehead atoms. The number of hydrogen-bond donors (Lipinski definition) is 2. The summed E-state index contributed by atoms with van der Waals surface area (Å²) in [4.78, 5) is 2.32. The summed E-state index contributed by atoms with van der Waals surface area (Å²) >= 11 is 0. The van der Waals surface area contributed by atoms with E-state index in [1.807, 2.05) is 12.1 Å². The van der Waals surface area contributed by atoms with E-state index in [1.54, 1.807) is 0 Å². The van der Waals surface area contributed by atoms with Crippen LogP contribution in [-0.2, 0) is 4.74 Å². The van der Waals surface area contributed by atoms with Crippen molar-refractivity contribution in [2.45, 2.75) is 37.8 Å². The number of nitrogens with zero attached hydrogens (tertiary/aromatic N) is 1. The van der Waals surface area contributed by atoms with Crippen LogP contribution in [0.25, 0.3) is 0 Å². The Hall–Kier alpha value is -2.66. The lowest BCUT2D eigenvalue weighted by Crippen LogP contribution is -2.40. The topological polar surface area (TPSA) is 50.5 Å². The highest BCUT2D eigenvalue weighted by Crippen LogP contribution is 2.30. The smallest absolute Gasteiger partial charge is 0.0705 e. The standard InChI is InChI=1S/C28H37N3O/c1-5-23(16-17-26-20-31(4)18-19-32-26)21(2)30-22(3)28(29)27(24-12-8-6-9-13-24)25-14-10-7-11-15-25/h5-15,26-28,30H,2-3,16-20,29H2,1,4H3/b23-5-/t26-,28-/m1/s1. The zero-order chi connectivity index (χ0) is 22.9. The zero-order valence-electron chi connectivity index (χ0n) is 19.5. The fourth-order valence-electron chi connectivity index (χ4n) is 4.31. The van der Waals surface area contributed by atoms with Gasteiger partial charge < -0.3 is 20.7 Å². The second kappa shape index (κ2) is 11.8. The van der Waals surface area contributed by atoms with Gasteiger partial charge in [-0.3, -0.25) is 0 Å². The Kier molecular flexibility index (Phi) is 8.86. The fourth-order valence-corrected chi connectivity index (χ4v) is 4.31. The van der Waals surface area contributed by atoms with Gasteiger partial charge in [-0.1, -0.05) is 79.9 Å². The molecule has 32 heavy (non-hydrogen) atoms. The largest absolute Gasteiger partial charge is 0.376 e. The van der Waals surface area contributed by atoms with Crippen molar-refractivity contribution >= 4 is 0 Å². The number of hydrogen-bond acceptors (Lipinski definition) is 4. The molecule has 1 saturated heterocycles.